The Kier molecular flexibility index (Phi) is 6.64. The molecule has 0 aromatic heterocycles. The lowest BCUT2D eigenvalue weighted by Gasteiger charge is -2.22. The lowest BCUT2D eigenvalue weighted by Crippen LogP contribution is -2.35. The van der Waals surface area contributed by atoms with Crippen LogP contribution in [0.5, 0.6) is 5.75 Å². The van der Waals surface area contributed by atoms with Gasteiger partial charge in [0, 0.05) is 31.7 Å². The van der Waals surface area contributed by atoms with E-state index in [2.05, 4.69) is 9.64 Å². The van der Waals surface area contributed by atoms with Crippen LogP contribution in [0.1, 0.15) is 17.5 Å². The Morgan fingerprint density at radius 1 is 1.00 bits per heavy atom. The Hall–Kier alpha value is -2.03. The molecule has 1 fully saturated rings. The molecular weight excluding hydrogens is 386 g/mol. The van der Waals surface area contributed by atoms with Crippen LogP contribution in [0.4, 0.5) is 8.78 Å². The Labute approximate surface area is 164 Å². The summed E-state index contributed by atoms with van der Waals surface area (Å²) in [4.78, 5) is 2.36. The number of para-hydroxylation sites is 1. The van der Waals surface area contributed by atoms with Gasteiger partial charge in [0.05, 0.1) is 4.90 Å². The molecule has 0 bridgehead atoms. The van der Waals surface area contributed by atoms with E-state index in [1.54, 1.807) is 42.5 Å². The third kappa shape index (κ3) is 5.06. The molecule has 0 radical (unpaired) electrons. The van der Waals surface area contributed by atoms with Crippen LogP contribution < -0.4 is 4.74 Å². The number of halogens is 2. The molecule has 8 heteroatoms. The number of aryl methyl sites for hydroxylation is 1. The average Bonchev–Trinajstić information content (AvgIpc) is 2.89. The first-order valence-corrected chi connectivity index (χ1v) is 10.6. The van der Waals surface area contributed by atoms with Gasteiger partial charge in [-0.3, -0.25) is 4.90 Å². The Balaban J connectivity index is 1.68. The highest BCUT2D eigenvalue weighted by Crippen LogP contribution is 2.23. The van der Waals surface area contributed by atoms with E-state index in [1.807, 2.05) is 6.92 Å². The molecule has 2 aromatic carbocycles. The van der Waals surface area contributed by atoms with Gasteiger partial charge in [-0.2, -0.15) is 13.1 Å². The smallest absolute Gasteiger partial charge is 0.387 e. The van der Waals surface area contributed by atoms with Gasteiger partial charge in [-0.25, -0.2) is 8.42 Å². The van der Waals surface area contributed by atoms with E-state index in [-0.39, 0.29) is 5.75 Å². The van der Waals surface area contributed by atoms with Gasteiger partial charge < -0.3 is 4.74 Å². The van der Waals surface area contributed by atoms with Crippen molar-refractivity contribution in [1.82, 2.24) is 9.21 Å². The summed E-state index contributed by atoms with van der Waals surface area (Å²) in [6.45, 7) is 1.46. The summed E-state index contributed by atoms with van der Waals surface area (Å²) in [7, 11) is -3.54. The Morgan fingerprint density at radius 3 is 2.43 bits per heavy atom. The van der Waals surface area contributed by atoms with Crippen molar-refractivity contribution >= 4 is 10.0 Å². The molecule has 5 nitrogen and oxygen atoms in total. The highest BCUT2D eigenvalue weighted by Gasteiger charge is 2.27. The van der Waals surface area contributed by atoms with E-state index < -0.39 is 16.6 Å². The second-order valence-corrected chi connectivity index (χ2v) is 8.77. The van der Waals surface area contributed by atoms with Gasteiger partial charge in [0.2, 0.25) is 10.0 Å². The molecule has 1 aliphatic rings. The molecule has 0 spiro atoms. The molecule has 2 aromatic rings. The molecule has 1 heterocycles. The molecule has 0 aliphatic carbocycles. The average molecular weight is 410 g/mol. The van der Waals surface area contributed by atoms with Gasteiger partial charge in [-0.05, 0) is 38.1 Å². The second kappa shape index (κ2) is 8.98. The number of ether oxygens (including phenoxy) is 1. The number of sulfonamides is 1. The maximum absolute atomic E-state index is 12.9. The summed E-state index contributed by atoms with van der Waals surface area (Å²) in [5, 5.41) is 0. The highest BCUT2D eigenvalue weighted by atomic mass is 32.2. The van der Waals surface area contributed by atoms with Crippen LogP contribution in [0.3, 0.4) is 0 Å². The summed E-state index contributed by atoms with van der Waals surface area (Å²) < 4.78 is 57.1. The van der Waals surface area contributed by atoms with Crippen LogP contribution in [0, 0.1) is 6.92 Å². The number of benzene rings is 2. The van der Waals surface area contributed by atoms with Crippen molar-refractivity contribution in [2.45, 2.75) is 31.4 Å². The fraction of sp³-hybridized carbons (Fsp3) is 0.400. The van der Waals surface area contributed by atoms with Gasteiger partial charge in [0.25, 0.3) is 0 Å². The Bertz CT molecular complexity index is 889. The first-order valence-electron chi connectivity index (χ1n) is 9.18. The molecule has 0 amide bonds. The summed E-state index contributed by atoms with van der Waals surface area (Å²) in [5.74, 6) is 0.158. The predicted molar refractivity (Wildman–Crippen MR) is 103 cm³/mol. The topological polar surface area (TPSA) is 49.9 Å². The molecule has 0 saturated carbocycles. The van der Waals surface area contributed by atoms with Crippen molar-refractivity contribution in [1.29, 1.82) is 0 Å². The predicted octanol–water partition coefficient (Wildman–Crippen LogP) is 3.49. The van der Waals surface area contributed by atoms with Crippen LogP contribution in [-0.4, -0.2) is 50.4 Å². The van der Waals surface area contributed by atoms with Crippen LogP contribution in [0.2, 0.25) is 0 Å². The molecule has 28 heavy (non-hydrogen) atoms. The molecule has 3 rings (SSSR count). The summed E-state index contributed by atoms with van der Waals surface area (Å²) in [5.41, 5.74) is 1.67. The van der Waals surface area contributed by atoms with E-state index in [0.29, 0.717) is 49.6 Å². The van der Waals surface area contributed by atoms with Gasteiger partial charge in [0.15, 0.2) is 0 Å². The van der Waals surface area contributed by atoms with Gasteiger partial charge in [-0.1, -0.05) is 35.9 Å². The lowest BCUT2D eigenvalue weighted by atomic mass is 10.2. The lowest BCUT2D eigenvalue weighted by molar-refractivity contribution is -0.0507. The zero-order valence-electron chi connectivity index (χ0n) is 15.7. The van der Waals surface area contributed by atoms with Crippen LogP contribution >= 0.6 is 0 Å². The first-order chi connectivity index (χ1) is 13.4. The van der Waals surface area contributed by atoms with Crippen molar-refractivity contribution in [2.75, 3.05) is 26.2 Å². The zero-order chi connectivity index (χ0) is 20.1. The molecular formula is C20H24F2N2O3S. The van der Waals surface area contributed by atoms with Crippen molar-refractivity contribution < 1.29 is 21.9 Å². The van der Waals surface area contributed by atoms with Crippen LogP contribution in [0.15, 0.2) is 53.4 Å². The van der Waals surface area contributed by atoms with Crippen LogP contribution in [0.25, 0.3) is 0 Å². The number of nitrogens with zero attached hydrogens (tertiary/aromatic N) is 2. The molecule has 0 N–H and O–H groups in total. The maximum Gasteiger partial charge on any atom is 0.387 e. The fourth-order valence-electron chi connectivity index (χ4n) is 3.29. The Morgan fingerprint density at radius 2 is 1.71 bits per heavy atom. The zero-order valence-corrected chi connectivity index (χ0v) is 16.5. The minimum atomic E-state index is -3.54. The molecule has 152 valence electrons. The largest absolute Gasteiger partial charge is 0.434 e. The van der Waals surface area contributed by atoms with E-state index >= 15 is 0 Å². The van der Waals surface area contributed by atoms with E-state index in [0.717, 1.165) is 5.56 Å². The minimum Gasteiger partial charge on any atom is -0.434 e. The third-order valence-electron chi connectivity index (χ3n) is 4.79. The number of hydrogen-bond donors (Lipinski definition) is 0. The standard InChI is InChI=1S/C20H24F2N2O3S/c1-16-7-9-18(10-8-16)28(25,26)24-12-4-11-23(13-14-24)15-17-5-2-3-6-19(17)27-20(21)22/h2-3,5-10,20H,4,11-15H2,1H3. The molecule has 1 saturated heterocycles. The van der Waals surface area contributed by atoms with Crippen molar-refractivity contribution in [2.24, 2.45) is 0 Å². The first kappa shape index (κ1) is 20.7. The van der Waals surface area contributed by atoms with E-state index in [9.17, 15) is 17.2 Å². The fourth-order valence-corrected chi connectivity index (χ4v) is 4.76. The second-order valence-electron chi connectivity index (χ2n) is 6.83. The number of rotatable bonds is 6. The third-order valence-corrected chi connectivity index (χ3v) is 6.70. The summed E-state index contributed by atoms with van der Waals surface area (Å²) in [6.07, 6.45) is 0.670. The van der Waals surface area contributed by atoms with E-state index in [4.69, 9.17) is 0 Å². The highest BCUT2D eigenvalue weighted by molar-refractivity contribution is 7.89. The van der Waals surface area contributed by atoms with Gasteiger partial charge in [0.1, 0.15) is 5.75 Å². The number of alkyl halides is 2. The summed E-state index contributed by atoms with van der Waals surface area (Å²) in [6, 6.07) is 13.5. The minimum absolute atomic E-state index is 0.158. The van der Waals surface area contributed by atoms with Gasteiger partial charge >= 0.3 is 6.61 Å². The normalized spacial score (nSPS) is 16.9. The molecule has 1 aliphatic heterocycles. The van der Waals surface area contributed by atoms with Crippen LogP contribution in [-0.2, 0) is 16.6 Å². The maximum atomic E-state index is 12.9. The van der Waals surface area contributed by atoms with Crippen molar-refractivity contribution in [3.05, 3.63) is 59.7 Å². The monoisotopic (exact) mass is 410 g/mol. The quantitative estimate of drug-likeness (QED) is 0.732. The van der Waals surface area contributed by atoms with Gasteiger partial charge in [-0.15, -0.1) is 0 Å². The number of hydrogen-bond acceptors (Lipinski definition) is 4. The molecule has 0 unspecified atom stereocenters. The van der Waals surface area contributed by atoms with Crippen molar-refractivity contribution in [3.63, 3.8) is 0 Å². The summed E-state index contributed by atoms with van der Waals surface area (Å²) >= 11 is 0. The SMILES string of the molecule is Cc1ccc(S(=O)(=O)N2CCCN(Cc3ccccc3OC(F)F)CC2)cc1. The van der Waals surface area contributed by atoms with Crippen molar-refractivity contribution in [3.8, 4) is 5.75 Å². The molecule has 0 atom stereocenters. The van der Waals surface area contributed by atoms with E-state index in [1.165, 1.54) is 10.4 Å².